The molecular formula is C20H26F6N4O5. The number of carboxylic acids is 2. The van der Waals surface area contributed by atoms with Gasteiger partial charge in [0.2, 0.25) is 5.95 Å². The number of hydrogen-bond acceptors (Lipinski definition) is 7. The number of alkyl halides is 6. The summed E-state index contributed by atoms with van der Waals surface area (Å²) in [5, 5.41) is 14.2. The molecule has 3 aliphatic heterocycles. The molecule has 3 fully saturated rings. The SMILES string of the molecule is O=C(O)C(F)(F)F.O=C(O)C(F)(F)F.c1cnc(N2CC[C@@]3(C[C@H](N4CCCC4)CCO3)C2)nc1. The van der Waals surface area contributed by atoms with Crippen LogP contribution in [-0.2, 0) is 14.3 Å². The lowest BCUT2D eigenvalue weighted by Gasteiger charge is -2.41. The van der Waals surface area contributed by atoms with Gasteiger partial charge in [0.25, 0.3) is 0 Å². The fourth-order valence-corrected chi connectivity index (χ4v) is 4.17. The summed E-state index contributed by atoms with van der Waals surface area (Å²) in [6.45, 7) is 5.43. The van der Waals surface area contributed by atoms with Crippen LogP contribution in [0.5, 0.6) is 0 Å². The molecule has 0 amide bonds. The summed E-state index contributed by atoms with van der Waals surface area (Å²) in [5.41, 5.74) is 0.0324. The second kappa shape index (κ2) is 11.8. The number of carboxylic acid groups (broad SMARTS) is 2. The van der Waals surface area contributed by atoms with E-state index in [1.54, 1.807) is 0 Å². The Morgan fingerprint density at radius 1 is 0.971 bits per heavy atom. The molecule has 35 heavy (non-hydrogen) atoms. The molecule has 2 N–H and O–H groups in total. The fraction of sp³-hybridized carbons (Fsp3) is 0.700. The smallest absolute Gasteiger partial charge is 0.475 e. The van der Waals surface area contributed by atoms with Gasteiger partial charge in [0.15, 0.2) is 0 Å². The molecule has 1 spiro atoms. The van der Waals surface area contributed by atoms with Gasteiger partial charge in [-0.2, -0.15) is 26.3 Å². The Bertz CT molecular complexity index is 812. The van der Waals surface area contributed by atoms with Crippen molar-refractivity contribution in [3.63, 3.8) is 0 Å². The minimum atomic E-state index is -5.08. The average Bonchev–Trinajstić information content (AvgIpc) is 3.45. The van der Waals surface area contributed by atoms with Gasteiger partial charge in [0.05, 0.1) is 5.60 Å². The third-order valence-corrected chi connectivity index (χ3v) is 5.76. The lowest BCUT2D eigenvalue weighted by Crippen LogP contribution is -2.49. The molecule has 198 valence electrons. The van der Waals surface area contributed by atoms with Crippen LogP contribution in [0.1, 0.15) is 32.1 Å². The Balaban J connectivity index is 0.000000257. The number of likely N-dealkylation sites (tertiary alicyclic amines) is 1. The number of aromatic nitrogens is 2. The summed E-state index contributed by atoms with van der Waals surface area (Å²) in [6.07, 6.45) is -0.303. The molecule has 9 nitrogen and oxygen atoms in total. The van der Waals surface area contributed by atoms with Crippen LogP contribution in [0.3, 0.4) is 0 Å². The topological polar surface area (TPSA) is 116 Å². The molecule has 0 unspecified atom stereocenters. The first kappa shape index (κ1) is 28.6. The van der Waals surface area contributed by atoms with Gasteiger partial charge in [-0.25, -0.2) is 19.6 Å². The number of ether oxygens (including phenoxy) is 1. The van der Waals surface area contributed by atoms with Gasteiger partial charge in [-0.3, -0.25) is 0 Å². The summed E-state index contributed by atoms with van der Waals surface area (Å²) in [7, 11) is 0. The number of anilines is 1. The zero-order valence-corrected chi connectivity index (χ0v) is 18.6. The van der Waals surface area contributed by atoms with Crippen molar-refractivity contribution in [1.29, 1.82) is 0 Å². The van der Waals surface area contributed by atoms with E-state index < -0.39 is 24.3 Å². The standard InChI is InChI=1S/C16H24N4O.2C2HF3O2/c1-2-9-19(8-1)14-4-11-21-16(12-14)5-10-20(13-16)15-17-6-3-7-18-15;2*3-2(4,5)1(6)7/h3,6-7,14H,1-2,4-5,8-13H2;2*(H,6,7)/t14-,16-;;/m1../s1. The van der Waals surface area contributed by atoms with Crippen molar-refractivity contribution in [2.45, 2.75) is 56.1 Å². The van der Waals surface area contributed by atoms with Crippen molar-refractivity contribution in [3.05, 3.63) is 18.5 Å². The molecule has 0 bridgehead atoms. The maximum Gasteiger partial charge on any atom is 0.490 e. The van der Waals surface area contributed by atoms with E-state index in [9.17, 15) is 26.3 Å². The van der Waals surface area contributed by atoms with Gasteiger partial charge in [0, 0.05) is 38.1 Å². The highest BCUT2D eigenvalue weighted by atomic mass is 19.4. The van der Waals surface area contributed by atoms with E-state index in [4.69, 9.17) is 24.5 Å². The van der Waals surface area contributed by atoms with Gasteiger partial charge in [-0.05, 0) is 51.3 Å². The van der Waals surface area contributed by atoms with Crippen LogP contribution in [0, 0.1) is 0 Å². The molecule has 1 aromatic heterocycles. The third-order valence-electron chi connectivity index (χ3n) is 5.76. The minimum absolute atomic E-state index is 0.0324. The van der Waals surface area contributed by atoms with E-state index in [0.717, 1.165) is 38.1 Å². The first-order valence-electron chi connectivity index (χ1n) is 10.7. The molecule has 4 rings (SSSR count). The fourth-order valence-electron chi connectivity index (χ4n) is 4.17. The summed E-state index contributed by atoms with van der Waals surface area (Å²) < 4.78 is 69.7. The van der Waals surface area contributed by atoms with Crippen molar-refractivity contribution < 1.29 is 50.9 Å². The largest absolute Gasteiger partial charge is 0.490 e. The average molecular weight is 516 g/mol. The van der Waals surface area contributed by atoms with E-state index in [0.29, 0.717) is 0 Å². The Morgan fingerprint density at radius 3 is 1.97 bits per heavy atom. The van der Waals surface area contributed by atoms with Crippen LogP contribution < -0.4 is 4.90 Å². The van der Waals surface area contributed by atoms with Gasteiger partial charge < -0.3 is 24.7 Å². The van der Waals surface area contributed by atoms with Gasteiger partial charge in [-0.15, -0.1) is 0 Å². The van der Waals surface area contributed by atoms with Gasteiger partial charge in [0.1, 0.15) is 0 Å². The van der Waals surface area contributed by atoms with E-state index in [2.05, 4.69) is 19.8 Å². The molecule has 0 radical (unpaired) electrons. The molecule has 3 aliphatic rings. The molecule has 15 heteroatoms. The summed E-state index contributed by atoms with van der Waals surface area (Å²) in [5.74, 6) is -4.67. The number of nitrogens with zero attached hydrogens (tertiary/aromatic N) is 4. The molecule has 3 saturated heterocycles. The van der Waals surface area contributed by atoms with Crippen LogP contribution in [0.25, 0.3) is 0 Å². The summed E-state index contributed by atoms with van der Waals surface area (Å²) in [6, 6.07) is 2.59. The van der Waals surface area contributed by atoms with Crippen molar-refractivity contribution in [3.8, 4) is 0 Å². The number of hydrogen-bond donors (Lipinski definition) is 2. The number of rotatable bonds is 2. The van der Waals surface area contributed by atoms with E-state index in [1.807, 2.05) is 18.5 Å². The first-order valence-corrected chi connectivity index (χ1v) is 10.7. The second-order valence-electron chi connectivity index (χ2n) is 8.25. The van der Waals surface area contributed by atoms with E-state index >= 15 is 0 Å². The maximum atomic E-state index is 10.6. The quantitative estimate of drug-likeness (QED) is 0.573. The highest BCUT2D eigenvalue weighted by molar-refractivity contribution is 5.73. The van der Waals surface area contributed by atoms with Crippen LogP contribution in [-0.4, -0.2) is 93.8 Å². The lowest BCUT2D eigenvalue weighted by atomic mass is 9.89. The van der Waals surface area contributed by atoms with Crippen LogP contribution in [0.4, 0.5) is 32.3 Å². The molecule has 0 aliphatic carbocycles. The van der Waals surface area contributed by atoms with Gasteiger partial charge >= 0.3 is 24.3 Å². The normalized spacial score (nSPS) is 24.9. The van der Waals surface area contributed by atoms with Crippen LogP contribution in [0.2, 0.25) is 0 Å². The predicted octanol–water partition coefficient (Wildman–Crippen LogP) is 2.97. The predicted molar refractivity (Wildman–Crippen MR) is 109 cm³/mol. The van der Waals surface area contributed by atoms with E-state index in [-0.39, 0.29) is 5.60 Å². The number of carbonyl (C=O) groups is 2. The second-order valence-corrected chi connectivity index (χ2v) is 8.25. The molecule has 2 atom stereocenters. The van der Waals surface area contributed by atoms with Crippen molar-refractivity contribution in [2.75, 3.05) is 37.7 Å². The Labute approximate surface area is 196 Å². The maximum absolute atomic E-state index is 10.6. The lowest BCUT2D eigenvalue weighted by molar-refractivity contribution is -0.193. The number of halogens is 6. The zero-order valence-electron chi connectivity index (χ0n) is 18.6. The molecule has 0 aromatic carbocycles. The highest BCUT2D eigenvalue weighted by Gasteiger charge is 2.45. The monoisotopic (exact) mass is 516 g/mol. The first-order chi connectivity index (χ1) is 16.2. The highest BCUT2D eigenvalue weighted by Crippen LogP contribution is 2.37. The van der Waals surface area contributed by atoms with Crippen LogP contribution >= 0.6 is 0 Å². The summed E-state index contributed by atoms with van der Waals surface area (Å²) in [4.78, 5) is 31.5. The number of aliphatic carboxylic acids is 2. The summed E-state index contributed by atoms with van der Waals surface area (Å²) >= 11 is 0. The van der Waals surface area contributed by atoms with Crippen LogP contribution in [0.15, 0.2) is 18.5 Å². The Hall–Kier alpha value is -2.68. The molecule has 0 saturated carbocycles. The third kappa shape index (κ3) is 8.80. The van der Waals surface area contributed by atoms with Crippen molar-refractivity contribution in [1.82, 2.24) is 14.9 Å². The molecular weight excluding hydrogens is 490 g/mol. The van der Waals surface area contributed by atoms with E-state index in [1.165, 1.54) is 38.8 Å². The zero-order chi connectivity index (χ0) is 26.3. The minimum Gasteiger partial charge on any atom is -0.475 e. The Kier molecular flexibility index (Phi) is 9.66. The molecule has 4 heterocycles. The molecule has 1 aromatic rings. The Morgan fingerprint density at radius 2 is 1.49 bits per heavy atom. The van der Waals surface area contributed by atoms with Crippen molar-refractivity contribution in [2.24, 2.45) is 0 Å². The van der Waals surface area contributed by atoms with Gasteiger partial charge in [-0.1, -0.05) is 0 Å². The van der Waals surface area contributed by atoms with Crippen molar-refractivity contribution >= 4 is 17.9 Å².